The van der Waals surface area contributed by atoms with E-state index in [4.69, 9.17) is 9.47 Å². The van der Waals surface area contributed by atoms with Crippen molar-refractivity contribution in [3.8, 4) is 0 Å². The Morgan fingerprint density at radius 1 is 1.10 bits per heavy atom. The van der Waals surface area contributed by atoms with Gasteiger partial charge in [-0.2, -0.15) is 0 Å². The second kappa shape index (κ2) is 5.80. The molecule has 2 aliphatic heterocycles. The van der Waals surface area contributed by atoms with Crippen LogP contribution < -0.4 is 5.32 Å². The van der Waals surface area contributed by atoms with Crippen LogP contribution in [0.3, 0.4) is 0 Å². The number of aliphatic hydroxyl groups is 1. The zero-order chi connectivity index (χ0) is 15.0. The molecule has 21 heavy (non-hydrogen) atoms. The molecular weight excluding hydrogens is 266 g/mol. The van der Waals surface area contributed by atoms with Gasteiger partial charge in [0.05, 0.1) is 17.8 Å². The van der Waals surface area contributed by atoms with Gasteiger partial charge in [0, 0.05) is 32.2 Å². The zero-order valence-corrected chi connectivity index (χ0v) is 13.6. The molecule has 122 valence electrons. The summed E-state index contributed by atoms with van der Waals surface area (Å²) in [5.74, 6) is 0. The number of ether oxygens (including phenoxy) is 2. The van der Waals surface area contributed by atoms with E-state index >= 15 is 0 Å². The standard InChI is InChI=1S/C17H31NO3/c1-15(2)4-6-16(19,7-5-15)12-18-14-3-9-21-17(11-14)8-10-20-13-17/h14,18-19H,3-13H2,1-2H3. The fraction of sp³-hybridized carbons (Fsp3) is 1.00. The minimum atomic E-state index is -0.507. The highest BCUT2D eigenvalue weighted by molar-refractivity contribution is 4.95. The highest BCUT2D eigenvalue weighted by atomic mass is 16.6. The molecule has 0 aromatic rings. The number of nitrogens with one attached hydrogen (secondary N) is 1. The van der Waals surface area contributed by atoms with Gasteiger partial charge in [-0.15, -0.1) is 0 Å². The molecule has 2 saturated heterocycles. The SMILES string of the molecule is CC1(C)CCC(O)(CNC2CCOC3(CCOC3)C2)CC1. The normalized spacial score (nSPS) is 38.7. The van der Waals surface area contributed by atoms with Crippen molar-refractivity contribution in [2.45, 2.75) is 76.0 Å². The molecule has 1 aliphatic carbocycles. The molecule has 0 bridgehead atoms. The molecule has 2 N–H and O–H groups in total. The van der Waals surface area contributed by atoms with Gasteiger partial charge in [0.2, 0.25) is 0 Å². The van der Waals surface area contributed by atoms with Crippen molar-refractivity contribution in [3.63, 3.8) is 0 Å². The van der Waals surface area contributed by atoms with Crippen molar-refractivity contribution in [3.05, 3.63) is 0 Å². The third-order valence-electron chi connectivity index (χ3n) is 5.81. The van der Waals surface area contributed by atoms with Crippen LogP contribution in [0.25, 0.3) is 0 Å². The van der Waals surface area contributed by atoms with E-state index in [0.717, 1.165) is 71.3 Å². The molecule has 2 heterocycles. The summed E-state index contributed by atoms with van der Waals surface area (Å²) in [4.78, 5) is 0. The summed E-state index contributed by atoms with van der Waals surface area (Å²) in [5, 5.41) is 14.4. The summed E-state index contributed by atoms with van der Waals surface area (Å²) < 4.78 is 11.5. The van der Waals surface area contributed by atoms with Gasteiger partial charge < -0.3 is 19.9 Å². The first-order valence-corrected chi connectivity index (χ1v) is 8.58. The zero-order valence-electron chi connectivity index (χ0n) is 13.6. The predicted molar refractivity (Wildman–Crippen MR) is 82.3 cm³/mol. The van der Waals surface area contributed by atoms with Gasteiger partial charge in [-0.3, -0.25) is 0 Å². The van der Waals surface area contributed by atoms with E-state index in [-0.39, 0.29) is 5.60 Å². The van der Waals surface area contributed by atoms with Crippen LogP contribution in [0.2, 0.25) is 0 Å². The molecule has 4 nitrogen and oxygen atoms in total. The van der Waals surface area contributed by atoms with Crippen molar-refractivity contribution in [1.82, 2.24) is 5.32 Å². The topological polar surface area (TPSA) is 50.7 Å². The summed E-state index contributed by atoms with van der Waals surface area (Å²) in [6, 6.07) is 0.458. The van der Waals surface area contributed by atoms with Crippen LogP contribution in [-0.2, 0) is 9.47 Å². The van der Waals surface area contributed by atoms with Crippen LogP contribution in [0.15, 0.2) is 0 Å². The Morgan fingerprint density at radius 2 is 1.86 bits per heavy atom. The molecule has 0 radical (unpaired) electrons. The Balaban J connectivity index is 1.48. The van der Waals surface area contributed by atoms with E-state index in [2.05, 4.69) is 19.2 Å². The monoisotopic (exact) mass is 297 g/mol. The second-order valence-electron chi connectivity index (χ2n) is 8.29. The lowest BCUT2D eigenvalue weighted by Gasteiger charge is -2.42. The van der Waals surface area contributed by atoms with Crippen molar-refractivity contribution >= 4 is 0 Å². The van der Waals surface area contributed by atoms with Gasteiger partial charge in [0.15, 0.2) is 0 Å². The third kappa shape index (κ3) is 3.79. The molecule has 1 spiro atoms. The Kier molecular flexibility index (Phi) is 4.34. The van der Waals surface area contributed by atoms with Gasteiger partial charge in [-0.1, -0.05) is 13.8 Å². The van der Waals surface area contributed by atoms with Crippen LogP contribution in [0.4, 0.5) is 0 Å². The highest BCUT2D eigenvalue weighted by Crippen LogP contribution is 2.40. The molecule has 0 amide bonds. The molecule has 2 unspecified atom stereocenters. The quantitative estimate of drug-likeness (QED) is 0.839. The highest BCUT2D eigenvalue weighted by Gasteiger charge is 2.42. The van der Waals surface area contributed by atoms with Crippen LogP contribution >= 0.6 is 0 Å². The van der Waals surface area contributed by atoms with Gasteiger partial charge >= 0.3 is 0 Å². The summed E-state index contributed by atoms with van der Waals surface area (Å²) in [5.41, 5.74) is -0.156. The first-order valence-electron chi connectivity index (χ1n) is 8.58. The smallest absolute Gasteiger partial charge is 0.0951 e. The molecule has 3 aliphatic rings. The van der Waals surface area contributed by atoms with Gasteiger partial charge in [-0.05, 0) is 43.9 Å². The third-order valence-corrected chi connectivity index (χ3v) is 5.81. The lowest BCUT2D eigenvalue weighted by molar-refractivity contribution is -0.0933. The molecule has 2 atom stereocenters. The van der Waals surface area contributed by atoms with Crippen molar-refractivity contribution < 1.29 is 14.6 Å². The van der Waals surface area contributed by atoms with Crippen molar-refractivity contribution in [2.24, 2.45) is 5.41 Å². The average molecular weight is 297 g/mol. The number of hydrogen-bond donors (Lipinski definition) is 2. The van der Waals surface area contributed by atoms with Gasteiger partial charge in [-0.25, -0.2) is 0 Å². The minimum Gasteiger partial charge on any atom is -0.389 e. The number of rotatable bonds is 3. The fourth-order valence-electron chi connectivity index (χ4n) is 3.97. The Hall–Kier alpha value is -0.160. The molecule has 3 rings (SSSR count). The van der Waals surface area contributed by atoms with E-state index < -0.39 is 5.60 Å². The lowest BCUT2D eigenvalue weighted by Crippen LogP contribution is -2.52. The summed E-state index contributed by atoms with van der Waals surface area (Å²) in [6.07, 6.45) is 7.17. The molecule has 0 aromatic heterocycles. The van der Waals surface area contributed by atoms with Crippen LogP contribution in [-0.4, -0.2) is 48.7 Å². The maximum absolute atomic E-state index is 10.8. The maximum Gasteiger partial charge on any atom is 0.0951 e. The Bertz CT molecular complexity index is 353. The van der Waals surface area contributed by atoms with E-state index in [1.165, 1.54) is 0 Å². The van der Waals surface area contributed by atoms with Crippen LogP contribution in [0.5, 0.6) is 0 Å². The summed E-state index contributed by atoms with van der Waals surface area (Å²) >= 11 is 0. The Morgan fingerprint density at radius 3 is 2.52 bits per heavy atom. The van der Waals surface area contributed by atoms with E-state index in [1.807, 2.05) is 0 Å². The van der Waals surface area contributed by atoms with Gasteiger partial charge in [0.25, 0.3) is 0 Å². The Labute approximate surface area is 128 Å². The first kappa shape index (κ1) is 15.7. The summed E-state index contributed by atoms with van der Waals surface area (Å²) in [7, 11) is 0. The lowest BCUT2D eigenvalue weighted by atomic mass is 9.71. The van der Waals surface area contributed by atoms with E-state index in [9.17, 15) is 5.11 Å². The van der Waals surface area contributed by atoms with Crippen molar-refractivity contribution in [1.29, 1.82) is 0 Å². The molecule has 0 aromatic carbocycles. The molecule has 4 heteroatoms. The minimum absolute atomic E-state index is 0.0485. The molecular formula is C17H31NO3. The first-order chi connectivity index (χ1) is 9.91. The molecule has 3 fully saturated rings. The molecule has 1 saturated carbocycles. The second-order valence-corrected chi connectivity index (χ2v) is 8.29. The van der Waals surface area contributed by atoms with E-state index in [1.54, 1.807) is 0 Å². The predicted octanol–water partition coefficient (Wildman–Crippen LogP) is 2.25. The van der Waals surface area contributed by atoms with E-state index in [0.29, 0.717) is 11.5 Å². The maximum atomic E-state index is 10.8. The fourth-order valence-corrected chi connectivity index (χ4v) is 3.97. The van der Waals surface area contributed by atoms with Crippen LogP contribution in [0.1, 0.15) is 58.8 Å². The van der Waals surface area contributed by atoms with Crippen LogP contribution in [0, 0.1) is 5.41 Å². The summed E-state index contributed by atoms with van der Waals surface area (Å²) in [6.45, 7) is 7.72. The average Bonchev–Trinajstić information content (AvgIpc) is 2.89. The van der Waals surface area contributed by atoms with Gasteiger partial charge in [0.1, 0.15) is 0 Å². The van der Waals surface area contributed by atoms with Crippen molar-refractivity contribution in [2.75, 3.05) is 26.4 Å². The number of hydrogen-bond acceptors (Lipinski definition) is 4. The largest absolute Gasteiger partial charge is 0.389 e.